The minimum atomic E-state index is -0.558. The van der Waals surface area contributed by atoms with E-state index in [9.17, 15) is 4.79 Å². The molecule has 4 aliphatic rings. The van der Waals surface area contributed by atoms with Crippen LogP contribution in [0, 0.1) is 5.92 Å². The van der Waals surface area contributed by atoms with E-state index in [1.54, 1.807) is 6.08 Å². The van der Waals surface area contributed by atoms with Crippen molar-refractivity contribution in [1.29, 1.82) is 0 Å². The molecule has 4 aliphatic heterocycles. The van der Waals surface area contributed by atoms with Gasteiger partial charge in [0.25, 0.3) is 0 Å². The third-order valence-electron chi connectivity index (χ3n) is 8.98. The zero-order valence-corrected chi connectivity index (χ0v) is 25.8. The van der Waals surface area contributed by atoms with Crippen molar-refractivity contribution in [3.63, 3.8) is 0 Å². The number of hydrogen-bond donors (Lipinski definition) is 0. The Kier molecular flexibility index (Phi) is 8.85. The lowest BCUT2D eigenvalue weighted by Gasteiger charge is -2.53. The summed E-state index contributed by atoms with van der Waals surface area (Å²) in [5, 5.41) is 0. The lowest BCUT2D eigenvalue weighted by molar-refractivity contribution is -0.345. The monoisotopic (exact) mass is 568 g/mol. The highest BCUT2D eigenvalue weighted by molar-refractivity contribution is 5.83. The summed E-state index contributed by atoms with van der Waals surface area (Å²) in [5.41, 5.74) is 2.20. The average molecular weight is 569 g/mol. The minimum Gasteiger partial charge on any atom is -0.457 e. The predicted octanol–water partition coefficient (Wildman–Crippen LogP) is 6.44. The SMILES string of the molecule is CC(=C\C(=O)OC(C)(C)C)/C(C)=C/[C@H]1O[C@@H]1[C@@H]1CC[C@H]2O[C@@]3(CC[C@]2(C)O1)O[C@@H](COCc1ccccc1)C[C@@H]3C. The summed E-state index contributed by atoms with van der Waals surface area (Å²) in [6, 6.07) is 10.2. The number of benzene rings is 1. The molecule has 0 aromatic heterocycles. The fourth-order valence-electron chi connectivity index (χ4n) is 6.48. The summed E-state index contributed by atoms with van der Waals surface area (Å²) < 4.78 is 37.6. The molecule has 0 unspecified atom stereocenters. The van der Waals surface area contributed by atoms with E-state index in [1.165, 1.54) is 5.56 Å². The lowest BCUT2D eigenvalue weighted by atomic mass is 9.79. The number of ether oxygens (including phenoxy) is 6. The van der Waals surface area contributed by atoms with Gasteiger partial charge >= 0.3 is 5.97 Å². The zero-order valence-electron chi connectivity index (χ0n) is 25.8. The van der Waals surface area contributed by atoms with Gasteiger partial charge in [0.15, 0.2) is 5.79 Å². The molecule has 4 fully saturated rings. The molecular formula is C34H48O7. The summed E-state index contributed by atoms with van der Waals surface area (Å²) in [6.07, 6.45) is 8.17. The number of carbonyl (C=O) groups excluding carboxylic acids is 1. The van der Waals surface area contributed by atoms with Crippen LogP contribution in [0.5, 0.6) is 0 Å². The molecule has 41 heavy (non-hydrogen) atoms. The normalized spacial score (nSPS) is 37.6. The third kappa shape index (κ3) is 7.31. The number of allylic oxidation sites excluding steroid dienone is 2. The van der Waals surface area contributed by atoms with E-state index in [1.807, 2.05) is 52.8 Å². The predicted molar refractivity (Wildman–Crippen MR) is 156 cm³/mol. The van der Waals surface area contributed by atoms with Crippen LogP contribution in [0.1, 0.15) is 86.1 Å². The number of esters is 1. The summed E-state index contributed by atoms with van der Waals surface area (Å²) in [7, 11) is 0. The highest BCUT2D eigenvalue weighted by atomic mass is 16.7. The number of carbonyl (C=O) groups is 1. The van der Waals surface area contributed by atoms with Crippen LogP contribution in [-0.4, -0.2) is 60.1 Å². The van der Waals surface area contributed by atoms with Gasteiger partial charge < -0.3 is 28.4 Å². The molecule has 4 saturated heterocycles. The quantitative estimate of drug-likeness (QED) is 0.155. The van der Waals surface area contributed by atoms with Crippen LogP contribution in [0.25, 0.3) is 0 Å². The van der Waals surface area contributed by atoms with Crippen molar-refractivity contribution in [3.05, 3.63) is 59.2 Å². The number of epoxide rings is 1. The van der Waals surface area contributed by atoms with E-state index in [0.29, 0.717) is 19.1 Å². The van der Waals surface area contributed by atoms with Gasteiger partial charge in [-0.15, -0.1) is 0 Å². The molecule has 226 valence electrons. The molecule has 0 amide bonds. The molecule has 4 heterocycles. The van der Waals surface area contributed by atoms with Crippen molar-refractivity contribution in [2.75, 3.05) is 6.61 Å². The maximum absolute atomic E-state index is 12.2. The molecule has 0 bridgehead atoms. The number of hydrogen-bond acceptors (Lipinski definition) is 7. The Morgan fingerprint density at radius 1 is 1.05 bits per heavy atom. The van der Waals surface area contributed by atoms with E-state index >= 15 is 0 Å². The molecule has 0 aliphatic carbocycles. The molecule has 8 atom stereocenters. The van der Waals surface area contributed by atoms with E-state index in [0.717, 1.165) is 43.3 Å². The Morgan fingerprint density at radius 2 is 1.80 bits per heavy atom. The molecule has 1 aromatic carbocycles. The molecule has 0 N–H and O–H groups in total. The highest BCUT2D eigenvalue weighted by Crippen LogP contribution is 2.51. The van der Waals surface area contributed by atoms with Crippen molar-refractivity contribution in [3.8, 4) is 0 Å². The summed E-state index contributed by atoms with van der Waals surface area (Å²) in [5.74, 6) is -0.582. The first kappa shape index (κ1) is 30.4. The molecule has 0 radical (unpaired) electrons. The Morgan fingerprint density at radius 3 is 2.54 bits per heavy atom. The standard InChI is InChI=1S/C34H48O7/c1-22(23(2)18-30(35)41-32(4,5)6)17-28-31(37-28)27-13-14-29-33(7,39-27)15-16-34(40-29)24(3)19-26(38-34)21-36-20-25-11-9-8-10-12-25/h8-12,17-18,24,26-29,31H,13-16,19-21H2,1-7H3/b22-17+,23-18+/t24-,26+,27-,28+,29+,31+,33-,34+/m0/s1. The Bertz CT molecular complexity index is 1140. The first-order valence-electron chi connectivity index (χ1n) is 15.3. The van der Waals surface area contributed by atoms with Gasteiger partial charge in [0.05, 0.1) is 37.1 Å². The topological polar surface area (TPSA) is 75.8 Å². The van der Waals surface area contributed by atoms with Crippen LogP contribution >= 0.6 is 0 Å². The second-order valence-electron chi connectivity index (χ2n) is 13.6. The molecule has 1 spiro atoms. The summed E-state index contributed by atoms with van der Waals surface area (Å²) in [4.78, 5) is 12.2. The van der Waals surface area contributed by atoms with Crippen molar-refractivity contribution in [2.45, 2.75) is 135 Å². The van der Waals surface area contributed by atoms with Crippen LogP contribution in [0.2, 0.25) is 0 Å². The maximum Gasteiger partial charge on any atom is 0.331 e. The van der Waals surface area contributed by atoms with E-state index in [4.69, 9.17) is 28.4 Å². The van der Waals surface area contributed by atoms with Crippen LogP contribution < -0.4 is 0 Å². The number of rotatable bonds is 8. The smallest absolute Gasteiger partial charge is 0.331 e. The molecule has 7 nitrogen and oxygen atoms in total. The lowest BCUT2D eigenvalue weighted by Crippen LogP contribution is -2.60. The maximum atomic E-state index is 12.2. The minimum absolute atomic E-state index is 0.00665. The first-order valence-corrected chi connectivity index (χ1v) is 15.3. The van der Waals surface area contributed by atoms with Crippen LogP contribution in [0.3, 0.4) is 0 Å². The van der Waals surface area contributed by atoms with Gasteiger partial charge in [-0.05, 0) is 90.0 Å². The van der Waals surface area contributed by atoms with Gasteiger partial charge in [0, 0.05) is 18.4 Å². The Hall–Kier alpha value is -2.03. The first-order chi connectivity index (χ1) is 19.4. The largest absolute Gasteiger partial charge is 0.457 e. The van der Waals surface area contributed by atoms with Crippen molar-refractivity contribution < 1.29 is 33.2 Å². The van der Waals surface area contributed by atoms with Crippen LogP contribution in [0.15, 0.2) is 53.6 Å². The summed E-state index contributed by atoms with van der Waals surface area (Å²) >= 11 is 0. The van der Waals surface area contributed by atoms with Gasteiger partial charge in [0.1, 0.15) is 17.8 Å². The van der Waals surface area contributed by atoms with Gasteiger partial charge in [-0.2, -0.15) is 0 Å². The van der Waals surface area contributed by atoms with Gasteiger partial charge in [-0.1, -0.05) is 37.3 Å². The molecule has 0 saturated carbocycles. The second kappa shape index (κ2) is 11.9. The van der Waals surface area contributed by atoms with Gasteiger partial charge in [-0.3, -0.25) is 0 Å². The van der Waals surface area contributed by atoms with Crippen molar-refractivity contribution >= 4 is 5.97 Å². The van der Waals surface area contributed by atoms with Gasteiger partial charge in [-0.25, -0.2) is 4.79 Å². The van der Waals surface area contributed by atoms with E-state index < -0.39 is 11.4 Å². The number of fused-ring (bicyclic) bond motifs is 1. The highest BCUT2D eigenvalue weighted by Gasteiger charge is 2.59. The Labute approximate surface area is 245 Å². The van der Waals surface area contributed by atoms with E-state index in [-0.39, 0.29) is 42.1 Å². The van der Waals surface area contributed by atoms with E-state index in [2.05, 4.69) is 32.1 Å². The summed E-state index contributed by atoms with van der Waals surface area (Å²) in [6.45, 7) is 15.1. The fourth-order valence-corrected chi connectivity index (χ4v) is 6.48. The average Bonchev–Trinajstić information content (AvgIpc) is 3.59. The third-order valence-corrected chi connectivity index (χ3v) is 8.98. The molecule has 5 rings (SSSR count). The van der Waals surface area contributed by atoms with Crippen molar-refractivity contribution in [2.24, 2.45) is 5.92 Å². The molecular weight excluding hydrogens is 520 g/mol. The fraction of sp³-hybridized carbons (Fsp3) is 0.676. The second-order valence-corrected chi connectivity index (χ2v) is 13.6. The van der Waals surface area contributed by atoms with Crippen LogP contribution in [-0.2, 0) is 39.8 Å². The van der Waals surface area contributed by atoms with Crippen LogP contribution in [0.4, 0.5) is 0 Å². The molecule has 1 aromatic rings. The van der Waals surface area contributed by atoms with Crippen molar-refractivity contribution in [1.82, 2.24) is 0 Å². The van der Waals surface area contributed by atoms with Gasteiger partial charge in [0.2, 0.25) is 0 Å². The Balaban J connectivity index is 1.11. The zero-order chi connectivity index (χ0) is 29.4. The molecule has 7 heteroatoms.